The molecule has 72 valence electrons. The molecule has 5 heteroatoms. The minimum Gasteiger partial charge on any atom is -0.274 e. The van der Waals surface area contributed by atoms with Crippen LogP contribution >= 0.6 is 28.1 Å². The number of halogens is 1. The minimum atomic E-state index is 0.603. The van der Waals surface area contributed by atoms with Crippen molar-refractivity contribution in [3.05, 3.63) is 39.3 Å². The van der Waals surface area contributed by atoms with Crippen molar-refractivity contribution in [3.8, 4) is 5.69 Å². The van der Waals surface area contributed by atoms with Crippen molar-refractivity contribution >= 4 is 28.1 Å². The highest BCUT2D eigenvalue weighted by Crippen LogP contribution is 2.19. The van der Waals surface area contributed by atoms with E-state index in [1.54, 1.807) is 6.33 Å². The number of aromatic amines is 1. The molecule has 2 aromatic rings. The Morgan fingerprint density at radius 1 is 1.50 bits per heavy atom. The molecule has 0 aliphatic heterocycles. The lowest BCUT2D eigenvalue weighted by Gasteiger charge is -2.05. The maximum Gasteiger partial charge on any atom is 0.199 e. The van der Waals surface area contributed by atoms with E-state index in [0.717, 1.165) is 15.7 Å². The van der Waals surface area contributed by atoms with Crippen molar-refractivity contribution in [1.82, 2.24) is 14.8 Å². The number of hydrogen-bond acceptors (Lipinski definition) is 2. The molecule has 0 fully saturated rings. The zero-order chi connectivity index (χ0) is 10.1. The third-order valence-electron chi connectivity index (χ3n) is 1.98. The van der Waals surface area contributed by atoms with Gasteiger partial charge in [-0.3, -0.25) is 9.67 Å². The summed E-state index contributed by atoms with van der Waals surface area (Å²) < 4.78 is 3.47. The second kappa shape index (κ2) is 3.67. The molecule has 0 aliphatic rings. The van der Waals surface area contributed by atoms with Crippen molar-refractivity contribution in [2.45, 2.75) is 6.92 Å². The van der Waals surface area contributed by atoms with Crippen LogP contribution in [-0.4, -0.2) is 14.8 Å². The third kappa shape index (κ3) is 1.65. The Morgan fingerprint density at radius 3 is 2.93 bits per heavy atom. The van der Waals surface area contributed by atoms with Crippen LogP contribution in [0.2, 0.25) is 0 Å². The fourth-order valence-corrected chi connectivity index (χ4v) is 1.81. The van der Waals surface area contributed by atoms with E-state index < -0.39 is 0 Å². The largest absolute Gasteiger partial charge is 0.274 e. The van der Waals surface area contributed by atoms with E-state index >= 15 is 0 Å². The van der Waals surface area contributed by atoms with Gasteiger partial charge in [-0.25, -0.2) is 0 Å². The Hall–Kier alpha value is -0.940. The molecule has 0 spiro atoms. The molecule has 0 unspecified atom stereocenters. The summed E-state index contributed by atoms with van der Waals surface area (Å²) in [5, 5.41) is 6.61. The van der Waals surface area contributed by atoms with Gasteiger partial charge in [0, 0.05) is 4.47 Å². The molecule has 0 bridgehead atoms. The molecule has 1 aromatic carbocycles. The van der Waals surface area contributed by atoms with E-state index in [4.69, 9.17) is 12.2 Å². The average molecular weight is 270 g/mol. The monoisotopic (exact) mass is 269 g/mol. The van der Waals surface area contributed by atoms with Crippen molar-refractivity contribution in [1.29, 1.82) is 0 Å². The zero-order valence-electron chi connectivity index (χ0n) is 7.49. The summed E-state index contributed by atoms with van der Waals surface area (Å²) in [6.07, 6.45) is 1.68. The van der Waals surface area contributed by atoms with Gasteiger partial charge in [0.25, 0.3) is 0 Å². The van der Waals surface area contributed by atoms with E-state index in [2.05, 4.69) is 26.1 Å². The second-order valence-electron chi connectivity index (χ2n) is 2.96. The van der Waals surface area contributed by atoms with Crippen LogP contribution < -0.4 is 0 Å². The maximum atomic E-state index is 5.10. The molecule has 0 atom stereocenters. The van der Waals surface area contributed by atoms with Crippen LogP contribution in [0.5, 0.6) is 0 Å². The summed E-state index contributed by atoms with van der Waals surface area (Å²) >= 11 is 8.53. The smallest absolute Gasteiger partial charge is 0.199 e. The SMILES string of the molecule is Cc1ccc(Br)cc1-n1cn[nH]c1=S. The second-order valence-corrected chi connectivity index (χ2v) is 4.26. The number of nitrogens with one attached hydrogen (secondary N) is 1. The summed E-state index contributed by atoms with van der Waals surface area (Å²) in [6.45, 7) is 2.04. The molecule has 14 heavy (non-hydrogen) atoms. The van der Waals surface area contributed by atoms with E-state index in [1.807, 2.05) is 29.7 Å². The van der Waals surface area contributed by atoms with Crippen LogP contribution in [0.1, 0.15) is 5.56 Å². The van der Waals surface area contributed by atoms with Crippen molar-refractivity contribution in [2.24, 2.45) is 0 Å². The lowest BCUT2D eigenvalue weighted by molar-refractivity contribution is 1.02. The molecule has 3 nitrogen and oxygen atoms in total. The predicted octanol–water partition coefficient (Wildman–Crippen LogP) is 3.00. The summed E-state index contributed by atoms with van der Waals surface area (Å²) in [7, 11) is 0. The standard InChI is InChI=1S/C9H8BrN3S/c1-6-2-3-7(10)4-8(6)13-5-11-12-9(13)14/h2-5H,1H3,(H,12,14). The van der Waals surface area contributed by atoms with Crippen LogP contribution in [0.3, 0.4) is 0 Å². The lowest BCUT2D eigenvalue weighted by Crippen LogP contribution is -1.95. The minimum absolute atomic E-state index is 0.603. The summed E-state index contributed by atoms with van der Waals surface area (Å²) in [5.74, 6) is 0. The Balaban J connectivity index is 2.68. The maximum absolute atomic E-state index is 5.10. The van der Waals surface area contributed by atoms with Gasteiger partial charge in [-0.15, -0.1) is 0 Å². The first-order valence-corrected chi connectivity index (χ1v) is 5.27. The van der Waals surface area contributed by atoms with E-state index in [0.29, 0.717) is 4.77 Å². The summed E-state index contributed by atoms with van der Waals surface area (Å²) in [4.78, 5) is 0. The van der Waals surface area contributed by atoms with Gasteiger partial charge < -0.3 is 0 Å². The van der Waals surface area contributed by atoms with Gasteiger partial charge in [-0.1, -0.05) is 22.0 Å². The van der Waals surface area contributed by atoms with Gasteiger partial charge in [0.05, 0.1) is 5.69 Å². The average Bonchev–Trinajstić information content (AvgIpc) is 2.56. The number of rotatable bonds is 1. The Labute approximate surface area is 94.9 Å². The molecule has 0 saturated heterocycles. The van der Waals surface area contributed by atoms with Crippen molar-refractivity contribution < 1.29 is 0 Å². The van der Waals surface area contributed by atoms with E-state index in [9.17, 15) is 0 Å². The van der Waals surface area contributed by atoms with Gasteiger partial charge in [0.2, 0.25) is 0 Å². The molecule has 0 radical (unpaired) electrons. The number of aryl methyl sites for hydroxylation is 1. The first kappa shape index (κ1) is 9.61. The zero-order valence-corrected chi connectivity index (χ0v) is 9.89. The number of H-pyrrole nitrogens is 1. The first-order chi connectivity index (χ1) is 6.68. The quantitative estimate of drug-likeness (QED) is 0.808. The molecule has 0 saturated carbocycles. The fourth-order valence-electron chi connectivity index (χ4n) is 1.26. The van der Waals surface area contributed by atoms with Crippen LogP contribution in [0.15, 0.2) is 29.0 Å². The Bertz CT molecular complexity index is 515. The first-order valence-electron chi connectivity index (χ1n) is 4.07. The van der Waals surface area contributed by atoms with Gasteiger partial charge in [-0.2, -0.15) is 5.10 Å². The van der Waals surface area contributed by atoms with Gasteiger partial charge in [0.1, 0.15) is 6.33 Å². The highest BCUT2D eigenvalue weighted by atomic mass is 79.9. The number of benzene rings is 1. The van der Waals surface area contributed by atoms with Crippen LogP contribution in [-0.2, 0) is 0 Å². The van der Waals surface area contributed by atoms with Crippen LogP contribution in [0.4, 0.5) is 0 Å². The summed E-state index contributed by atoms with van der Waals surface area (Å²) in [6, 6.07) is 6.05. The highest BCUT2D eigenvalue weighted by Gasteiger charge is 2.02. The third-order valence-corrected chi connectivity index (χ3v) is 2.76. The van der Waals surface area contributed by atoms with Crippen molar-refractivity contribution in [3.63, 3.8) is 0 Å². The van der Waals surface area contributed by atoms with Crippen molar-refractivity contribution in [2.75, 3.05) is 0 Å². The van der Waals surface area contributed by atoms with Crippen LogP contribution in [0.25, 0.3) is 5.69 Å². The number of nitrogens with zero attached hydrogens (tertiary/aromatic N) is 2. The normalized spacial score (nSPS) is 10.4. The lowest BCUT2D eigenvalue weighted by atomic mass is 10.2. The van der Waals surface area contributed by atoms with E-state index in [1.165, 1.54) is 0 Å². The Kier molecular flexibility index (Phi) is 2.52. The molecular weight excluding hydrogens is 262 g/mol. The fraction of sp³-hybridized carbons (Fsp3) is 0.111. The van der Waals surface area contributed by atoms with Crippen LogP contribution in [0, 0.1) is 11.7 Å². The molecular formula is C9H8BrN3S. The Morgan fingerprint density at radius 2 is 2.29 bits per heavy atom. The van der Waals surface area contributed by atoms with Gasteiger partial charge >= 0.3 is 0 Å². The molecule has 1 heterocycles. The molecule has 2 rings (SSSR count). The molecule has 0 amide bonds. The number of aromatic nitrogens is 3. The molecule has 1 N–H and O–H groups in total. The van der Waals surface area contributed by atoms with Gasteiger partial charge in [-0.05, 0) is 36.8 Å². The molecule has 0 aliphatic carbocycles. The molecule has 1 aromatic heterocycles. The topological polar surface area (TPSA) is 33.6 Å². The van der Waals surface area contributed by atoms with Gasteiger partial charge in [0.15, 0.2) is 4.77 Å². The summed E-state index contributed by atoms with van der Waals surface area (Å²) in [5.41, 5.74) is 2.20. The number of hydrogen-bond donors (Lipinski definition) is 1. The predicted molar refractivity (Wildman–Crippen MR) is 61.2 cm³/mol. The highest BCUT2D eigenvalue weighted by molar-refractivity contribution is 9.10. The van der Waals surface area contributed by atoms with E-state index in [-0.39, 0.29) is 0 Å².